The van der Waals surface area contributed by atoms with E-state index in [9.17, 15) is 4.79 Å². The van der Waals surface area contributed by atoms with Gasteiger partial charge < -0.3 is 29.1 Å². The summed E-state index contributed by atoms with van der Waals surface area (Å²) in [5.41, 5.74) is 2.29. The Bertz CT molecular complexity index is 790. The zero-order valence-electron chi connectivity index (χ0n) is 17.8. The van der Waals surface area contributed by atoms with E-state index < -0.39 is 0 Å². The average Bonchev–Trinajstić information content (AvgIpc) is 2.84. The normalized spacial score (nSPS) is 17.1. The summed E-state index contributed by atoms with van der Waals surface area (Å²) in [6.07, 6.45) is 0. The van der Waals surface area contributed by atoms with Crippen LogP contribution in [-0.4, -0.2) is 82.4 Å². The Kier molecular flexibility index (Phi) is 6.16. The van der Waals surface area contributed by atoms with Crippen molar-refractivity contribution in [2.75, 3.05) is 76.4 Å². The van der Waals surface area contributed by atoms with Gasteiger partial charge in [-0.3, -0.25) is 0 Å². The molecule has 2 fully saturated rings. The number of carbonyl (C=O) groups excluding carboxylic acids is 1. The number of carbonyl (C=O) groups is 1. The van der Waals surface area contributed by atoms with Gasteiger partial charge in [-0.2, -0.15) is 0 Å². The van der Waals surface area contributed by atoms with E-state index in [-0.39, 0.29) is 6.03 Å². The second-order valence-corrected chi connectivity index (χ2v) is 7.63. The molecule has 2 aromatic carbocycles. The van der Waals surface area contributed by atoms with E-state index in [1.165, 1.54) is 0 Å². The minimum Gasteiger partial charge on any atom is -0.497 e. The molecule has 7 nitrogen and oxygen atoms in total. The zero-order chi connectivity index (χ0) is 20.9. The molecule has 2 saturated heterocycles. The molecule has 2 amide bonds. The van der Waals surface area contributed by atoms with Gasteiger partial charge in [-0.25, -0.2) is 4.79 Å². The molecule has 0 unspecified atom stereocenters. The van der Waals surface area contributed by atoms with E-state index in [0.29, 0.717) is 0 Å². The quantitative estimate of drug-likeness (QED) is 0.776. The van der Waals surface area contributed by atoms with Crippen LogP contribution in [0.25, 0.3) is 0 Å². The lowest BCUT2D eigenvalue weighted by molar-refractivity contribution is 0.147. The van der Waals surface area contributed by atoms with Crippen molar-refractivity contribution in [2.24, 2.45) is 0 Å². The summed E-state index contributed by atoms with van der Waals surface area (Å²) in [5.74, 6) is 1.72. The molecule has 0 aliphatic carbocycles. The monoisotopic (exact) mass is 410 g/mol. The van der Waals surface area contributed by atoms with Crippen LogP contribution in [0.3, 0.4) is 0 Å². The minimum atomic E-state index is 0.158. The molecule has 0 saturated carbocycles. The maximum atomic E-state index is 13.0. The highest BCUT2D eigenvalue weighted by atomic mass is 16.5. The topological polar surface area (TPSA) is 48.5 Å². The van der Waals surface area contributed by atoms with Crippen LogP contribution in [-0.2, 0) is 0 Å². The van der Waals surface area contributed by atoms with Crippen molar-refractivity contribution in [3.05, 3.63) is 48.5 Å². The molecule has 2 aliphatic rings. The lowest BCUT2D eigenvalue weighted by Crippen LogP contribution is -2.57. The number of ether oxygens (including phenoxy) is 2. The van der Waals surface area contributed by atoms with E-state index in [0.717, 1.165) is 75.2 Å². The summed E-state index contributed by atoms with van der Waals surface area (Å²) < 4.78 is 10.7. The molecule has 7 heteroatoms. The van der Waals surface area contributed by atoms with Gasteiger partial charge >= 0.3 is 6.03 Å². The number of rotatable bonds is 4. The molecular weight excluding hydrogens is 380 g/mol. The van der Waals surface area contributed by atoms with Crippen LogP contribution in [0.5, 0.6) is 11.5 Å². The summed E-state index contributed by atoms with van der Waals surface area (Å²) >= 11 is 0. The van der Waals surface area contributed by atoms with Crippen LogP contribution in [0.2, 0.25) is 0 Å². The first-order valence-electron chi connectivity index (χ1n) is 10.5. The molecule has 0 radical (unpaired) electrons. The molecule has 30 heavy (non-hydrogen) atoms. The van der Waals surface area contributed by atoms with Crippen LogP contribution < -0.4 is 19.3 Å². The van der Waals surface area contributed by atoms with Crippen molar-refractivity contribution < 1.29 is 14.3 Å². The number of nitrogens with zero attached hydrogens (tertiary/aromatic N) is 4. The van der Waals surface area contributed by atoms with Crippen LogP contribution >= 0.6 is 0 Å². The van der Waals surface area contributed by atoms with Crippen LogP contribution in [0, 0.1) is 0 Å². The highest BCUT2D eigenvalue weighted by Gasteiger charge is 2.28. The van der Waals surface area contributed by atoms with Crippen molar-refractivity contribution in [3.63, 3.8) is 0 Å². The average molecular weight is 411 g/mol. The molecule has 4 rings (SSSR count). The van der Waals surface area contributed by atoms with Crippen LogP contribution in [0.15, 0.2) is 48.5 Å². The summed E-state index contributed by atoms with van der Waals surface area (Å²) in [5, 5.41) is 0. The number of hydrogen-bond acceptors (Lipinski definition) is 5. The molecule has 2 aliphatic heterocycles. The number of amides is 2. The van der Waals surface area contributed by atoms with Crippen molar-refractivity contribution in [1.82, 2.24) is 9.80 Å². The van der Waals surface area contributed by atoms with Gasteiger partial charge in [-0.1, -0.05) is 12.1 Å². The number of anilines is 2. The summed E-state index contributed by atoms with van der Waals surface area (Å²) in [4.78, 5) is 21.6. The van der Waals surface area contributed by atoms with Gasteiger partial charge in [0.05, 0.1) is 14.2 Å². The number of benzene rings is 2. The molecule has 2 aromatic rings. The third kappa shape index (κ3) is 4.40. The van der Waals surface area contributed by atoms with E-state index in [1.54, 1.807) is 14.2 Å². The predicted octanol–water partition coefficient (Wildman–Crippen LogP) is 2.77. The van der Waals surface area contributed by atoms with E-state index >= 15 is 0 Å². The third-order valence-corrected chi connectivity index (χ3v) is 5.94. The van der Waals surface area contributed by atoms with Gasteiger partial charge in [-0.15, -0.1) is 0 Å². The standard InChI is InChI=1S/C23H30N4O3/c1-29-21-7-3-5-19(17-21)24-9-13-26(14-10-24)23(28)27-15-11-25(12-16-27)20-6-4-8-22(18-20)30-2/h3-8,17-18H,9-16H2,1-2H3. The molecule has 0 atom stereocenters. The van der Waals surface area contributed by atoms with Crippen molar-refractivity contribution in [3.8, 4) is 11.5 Å². The molecule has 160 valence electrons. The van der Waals surface area contributed by atoms with Gasteiger partial charge in [-0.05, 0) is 24.3 Å². The Labute approximate surface area is 178 Å². The number of piperazine rings is 2. The van der Waals surface area contributed by atoms with Crippen molar-refractivity contribution in [2.45, 2.75) is 0 Å². The van der Waals surface area contributed by atoms with Crippen molar-refractivity contribution >= 4 is 17.4 Å². The Morgan fingerprint density at radius 3 is 1.43 bits per heavy atom. The molecule has 0 bridgehead atoms. The first kappa shape index (κ1) is 20.2. The fraction of sp³-hybridized carbons (Fsp3) is 0.435. The SMILES string of the molecule is COc1cccc(N2CCN(C(=O)N3CCN(c4cccc(OC)c4)CC3)CC2)c1. The molecule has 0 spiro atoms. The lowest BCUT2D eigenvalue weighted by atomic mass is 10.2. The van der Waals surface area contributed by atoms with Gasteiger partial charge in [0.2, 0.25) is 0 Å². The number of methoxy groups -OCH3 is 2. The smallest absolute Gasteiger partial charge is 0.320 e. The largest absolute Gasteiger partial charge is 0.497 e. The molecular formula is C23H30N4O3. The minimum absolute atomic E-state index is 0.158. The van der Waals surface area contributed by atoms with E-state index in [2.05, 4.69) is 34.1 Å². The first-order valence-corrected chi connectivity index (χ1v) is 10.5. The fourth-order valence-corrected chi connectivity index (χ4v) is 4.13. The molecule has 0 aromatic heterocycles. The summed E-state index contributed by atoms with van der Waals surface area (Å²) in [7, 11) is 3.37. The van der Waals surface area contributed by atoms with Gasteiger partial charge in [0.1, 0.15) is 11.5 Å². The third-order valence-electron chi connectivity index (χ3n) is 5.94. The predicted molar refractivity (Wildman–Crippen MR) is 119 cm³/mol. The Morgan fingerprint density at radius 2 is 1.07 bits per heavy atom. The van der Waals surface area contributed by atoms with Crippen molar-refractivity contribution in [1.29, 1.82) is 0 Å². The van der Waals surface area contributed by atoms with Gasteiger partial charge in [0.25, 0.3) is 0 Å². The zero-order valence-corrected chi connectivity index (χ0v) is 17.8. The number of urea groups is 1. The van der Waals surface area contributed by atoms with E-state index in [4.69, 9.17) is 9.47 Å². The van der Waals surface area contributed by atoms with E-state index in [1.807, 2.05) is 34.1 Å². The maximum Gasteiger partial charge on any atom is 0.320 e. The maximum absolute atomic E-state index is 13.0. The van der Waals surface area contributed by atoms with Crippen LogP contribution in [0.1, 0.15) is 0 Å². The summed E-state index contributed by atoms with van der Waals surface area (Å²) in [6, 6.07) is 16.4. The second-order valence-electron chi connectivity index (χ2n) is 7.63. The Balaban J connectivity index is 1.29. The number of hydrogen-bond donors (Lipinski definition) is 0. The summed E-state index contributed by atoms with van der Waals surface area (Å²) in [6.45, 7) is 6.31. The molecule has 2 heterocycles. The Morgan fingerprint density at radius 1 is 0.667 bits per heavy atom. The van der Waals surface area contributed by atoms with Crippen LogP contribution in [0.4, 0.5) is 16.2 Å². The molecule has 0 N–H and O–H groups in total. The first-order chi connectivity index (χ1) is 14.7. The van der Waals surface area contributed by atoms with Gasteiger partial charge in [0, 0.05) is 75.9 Å². The highest BCUT2D eigenvalue weighted by molar-refractivity contribution is 5.75. The second kappa shape index (κ2) is 9.15. The lowest BCUT2D eigenvalue weighted by Gasteiger charge is -2.41. The Hall–Kier alpha value is -3.09. The highest BCUT2D eigenvalue weighted by Crippen LogP contribution is 2.24. The fourth-order valence-electron chi connectivity index (χ4n) is 4.13. The van der Waals surface area contributed by atoms with Gasteiger partial charge in [0.15, 0.2) is 0 Å².